The zero-order valence-corrected chi connectivity index (χ0v) is 14.5. The van der Waals surface area contributed by atoms with Crippen LogP contribution in [0.3, 0.4) is 0 Å². The molecule has 3 rings (SSSR count). The summed E-state index contributed by atoms with van der Waals surface area (Å²) in [5, 5.41) is 1.12. The molecule has 118 valence electrons. The first-order valence-electron chi connectivity index (χ1n) is 8.09. The predicted octanol–water partition coefficient (Wildman–Crippen LogP) is 5.40. The number of nitrogens with zero attached hydrogens (tertiary/aromatic N) is 1. The second-order valence-electron chi connectivity index (χ2n) is 6.16. The van der Waals surface area contributed by atoms with E-state index >= 15 is 0 Å². The minimum atomic E-state index is 0.938. The second kappa shape index (κ2) is 6.04. The molecule has 0 aliphatic heterocycles. The van der Waals surface area contributed by atoms with Gasteiger partial charge in [0, 0.05) is 10.9 Å². The number of methoxy groups -OCH3 is 1. The highest BCUT2D eigenvalue weighted by molar-refractivity contribution is 5.84. The maximum absolute atomic E-state index is 5.48. The minimum absolute atomic E-state index is 0.938. The summed E-state index contributed by atoms with van der Waals surface area (Å²) < 4.78 is 5.48. The standard InChI is InChI=1S/C21H23NO/c1-6-16-11-20-17(12-21(16)23-5)7-8-19(22-20)18-10-14(3)13(2)9-15(18)4/h7-12H,6H2,1-5H3. The molecule has 0 bridgehead atoms. The molecule has 0 aliphatic carbocycles. The Morgan fingerprint density at radius 2 is 1.65 bits per heavy atom. The maximum Gasteiger partial charge on any atom is 0.122 e. The van der Waals surface area contributed by atoms with Crippen LogP contribution in [-0.4, -0.2) is 12.1 Å². The molecule has 0 saturated carbocycles. The summed E-state index contributed by atoms with van der Waals surface area (Å²) in [6.45, 7) is 8.60. The minimum Gasteiger partial charge on any atom is -0.496 e. The lowest BCUT2D eigenvalue weighted by molar-refractivity contribution is 0.411. The number of pyridine rings is 1. The lowest BCUT2D eigenvalue weighted by atomic mass is 9.98. The zero-order valence-electron chi connectivity index (χ0n) is 14.5. The van der Waals surface area contributed by atoms with Crippen molar-refractivity contribution in [2.45, 2.75) is 34.1 Å². The molecule has 0 N–H and O–H groups in total. The third-order valence-electron chi connectivity index (χ3n) is 4.59. The Kier molecular flexibility index (Phi) is 4.08. The van der Waals surface area contributed by atoms with Gasteiger partial charge in [-0.2, -0.15) is 0 Å². The molecule has 0 fully saturated rings. The van der Waals surface area contributed by atoms with Crippen LogP contribution in [0.2, 0.25) is 0 Å². The third-order valence-corrected chi connectivity index (χ3v) is 4.59. The van der Waals surface area contributed by atoms with Crippen LogP contribution >= 0.6 is 0 Å². The van der Waals surface area contributed by atoms with Gasteiger partial charge in [-0.05, 0) is 73.7 Å². The molecule has 0 saturated heterocycles. The molecule has 0 radical (unpaired) electrons. The van der Waals surface area contributed by atoms with E-state index in [1.54, 1.807) is 7.11 Å². The van der Waals surface area contributed by atoms with E-state index in [-0.39, 0.29) is 0 Å². The Bertz CT molecular complexity index is 881. The summed E-state index contributed by atoms with van der Waals surface area (Å²) in [7, 11) is 1.72. The highest BCUT2D eigenvalue weighted by Crippen LogP contribution is 2.30. The molecule has 2 nitrogen and oxygen atoms in total. The molecule has 0 spiro atoms. The van der Waals surface area contributed by atoms with Gasteiger partial charge in [-0.15, -0.1) is 0 Å². The fourth-order valence-corrected chi connectivity index (χ4v) is 3.05. The van der Waals surface area contributed by atoms with Gasteiger partial charge >= 0.3 is 0 Å². The van der Waals surface area contributed by atoms with Gasteiger partial charge in [0.1, 0.15) is 5.75 Å². The van der Waals surface area contributed by atoms with Gasteiger partial charge in [0.15, 0.2) is 0 Å². The first kappa shape index (κ1) is 15.5. The molecule has 1 heterocycles. The summed E-state index contributed by atoms with van der Waals surface area (Å²) >= 11 is 0. The third kappa shape index (κ3) is 2.81. The van der Waals surface area contributed by atoms with Crippen molar-refractivity contribution in [3.8, 4) is 17.0 Å². The number of fused-ring (bicyclic) bond motifs is 1. The average molecular weight is 305 g/mol. The van der Waals surface area contributed by atoms with Gasteiger partial charge in [0.05, 0.1) is 18.3 Å². The van der Waals surface area contributed by atoms with E-state index in [1.807, 2.05) is 0 Å². The number of ether oxygens (including phenoxy) is 1. The van der Waals surface area contributed by atoms with Crippen LogP contribution in [0.5, 0.6) is 5.75 Å². The summed E-state index contributed by atoms with van der Waals surface area (Å²) in [6, 6.07) is 12.9. The fraction of sp³-hybridized carbons (Fsp3) is 0.286. The summed E-state index contributed by atoms with van der Waals surface area (Å²) in [6.07, 6.45) is 0.938. The summed E-state index contributed by atoms with van der Waals surface area (Å²) in [5.74, 6) is 0.942. The predicted molar refractivity (Wildman–Crippen MR) is 97.3 cm³/mol. The number of hydrogen-bond donors (Lipinski definition) is 0. The molecule has 0 aliphatic rings. The van der Waals surface area contributed by atoms with Crippen molar-refractivity contribution < 1.29 is 4.74 Å². The highest BCUT2D eigenvalue weighted by Gasteiger charge is 2.09. The molecule has 1 aromatic heterocycles. The van der Waals surface area contributed by atoms with Gasteiger partial charge < -0.3 is 4.74 Å². The molecule has 0 atom stereocenters. The Balaban J connectivity index is 2.18. The Hall–Kier alpha value is -2.35. The van der Waals surface area contributed by atoms with Crippen LogP contribution in [0, 0.1) is 20.8 Å². The van der Waals surface area contributed by atoms with Crippen LogP contribution in [0.25, 0.3) is 22.2 Å². The number of aromatic nitrogens is 1. The molecular weight excluding hydrogens is 282 g/mol. The Labute approximate surface area is 138 Å². The van der Waals surface area contributed by atoms with Crippen molar-refractivity contribution >= 4 is 10.9 Å². The molecule has 2 heteroatoms. The lowest BCUT2D eigenvalue weighted by Crippen LogP contribution is -1.94. The van der Waals surface area contributed by atoms with E-state index in [4.69, 9.17) is 9.72 Å². The van der Waals surface area contributed by atoms with Crippen LogP contribution in [0.1, 0.15) is 29.2 Å². The number of benzene rings is 2. The Morgan fingerprint density at radius 1 is 0.913 bits per heavy atom. The van der Waals surface area contributed by atoms with Gasteiger partial charge in [0.25, 0.3) is 0 Å². The van der Waals surface area contributed by atoms with Crippen LogP contribution in [0.15, 0.2) is 36.4 Å². The molecule has 0 unspecified atom stereocenters. The van der Waals surface area contributed by atoms with Crippen LogP contribution in [-0.2, 0) is 6.42 Å². The average Bonchev–Trinajstić information content (AvgIpc) is 2.56. The quantitative estimate of drug-likeness (QED) is 0.646. The molecule has 3 aromatic rings. The number of rotatable bonds is 3. The summed E-state index contributed by atoms with van der Waals surface area (Å²) in [4.78, 5) is 4.91. The van der Waals surface area contributed by atoms with Crippen LogP contribution in [0.4, 0.5) is 0 Å². The van der Waals surface area contributed by atoms with Gasteiger partial charge in [-0.25, -0.2) is 4.98 Å². The van der Waals surface area contributed by atoms with Crippen molar-refractivity contribution in [2.24, 2.45) is 0 Å². The van der Waals surface area contributed by atoms with Crippen LogP contribution < -0.4 is 4.74 Å². The highest BCUT2D eigenvalue weighted by atomic mass is 16.5. The SMILES string of the molecule is CCc1cc2nc(-c3cc(C)c(C)cc3C)ccc2cc1OC. The summed E-state index contributed by atoms with van der Waals surface area (Å²) in [5.41, 5.74) is 8.36. The van der Waals surface area contributed by atoms with Crippen molar-refractivity contribution in [3.63, 3.8) is 0 Å². The van der Waals surface area contributed by atoms with E-state index in [1.165, 1.54) is 27.8 Å². The van der Waals surface area contributed by atoms with E-state index in [0.29, 0.717) is 0 Å². The molecule has 0 amide bonds. The van der Waals surface area contributed by atoms with E-state index in [0.717, 1.165) is 28.8 Å². The normalized spacial score (nSPS) is 11.0. The van der Waals surface area contributed by atoms with Crippen molar-refractivity contribution in [1.82, 2.24) is 4.98 Å². The van der Waals surface area contributed by atoms with E-state index in [9.17, 15) is 0 Å². The van der Waals surface area contributed by atoms with Crippen molar-refractivity contribution in [2.75, 3.05) is 7.11 Å². The topological polar surface area (TPSA) is 22.1 Å². The zero-order chi connectivity index (χ0) is 16.6. The lowest BCUT2D eigenvalue weighted by Gasteiger charge is -2.12. The maximum atomic E-state index is 5.48. The molecule has 2 aromatic carbocycles. The van der Waals surface area contributed by atoms with Gasteiger partial charge in [0.2, 0.25) is 0 Å². The fourth-order valence-electron chi connectivity index (χ4n) is 3.05. The first-order chi connectivity index (χ1) is 11.0. The van der Waals surface area contributed by atoms with Crippen molar-refractivity contribution in [1.29, 1.82) is 0 Å². The Morgan fingerprint density at radius 3 is 2.35 bits per heavy atom. The van der Waals surface area contributed by atoms with E-state index < -0.39 is 0 Å². The monoisotopic (exact) mass is 305 g/mol. The largest absolute Gasteiger partial charge is 0.496 e. The molecular formula is C21H23NO. The smallest absolute Gasteiger partial charge is 0.122 e. The second-order valence-corrected chi connectivity index (χ2v) is 6.16. The van der Waals surface area contributed by atoms with E-state index in [2.05, 4.69) is 64.1 Å². The van der Waals surface area contributed by atoms with Gasteiger partial charge in [-0.1, -0.05) is 19.1 Å². The number of hydrogen-bond acceptors (Lipinski definition) is 2. The van der Waals surface area contributed by atoms with Gasteiger partial charge in [-0.3, -0.25) is 0 Å². The first-order valence-corrected chi connectivity index (χ1v) is 8.09. The molecule has 23 heavy (non-hydrogen) atoms. The number of aryl methyl sites for hydroxylation is 4. The van der Waals surface area contributed by atoms with Crippen molar-refractivity contribution in [3.05, 3.63) is 58.7 Å².